The average Bonchev–Trinajstić information content (AvgIpc) is 2.41. The van der Waals surface area contributed by atoms with Crippen LogP contribution in [0.5, 0.6) is 0 Å². The van der Waals surface area contributed by atoms with Crippen LogP contribution in [0.15, 0.2) is 24.3 Å². The lowest BCUT2D eigenvalue weighted by Gasteiger charge is -2.41. The van der Waals surface area contributed by atoms with Gasteiger partial charge in [-0.15, -0.1) is 0 Å². The van der Waals surface area contributed by atoms with E-state index in [4.69, 9.17) is 0 Å². The molecule has 0 radical (unpaired) electrons. The smallest absolute Gasteiger partial charge is 0.0402 e. The summed E-state index contributed by atoms with van der Waals surface area (Å²) in [4.78, 5) is 2.59. The minimum atomic E-state index is 0.589. The summed E-state index contributed by atoms with van der Waals surface area (Å²) in [5.74, 6) is 0. The number of nitrogens with zero attached hydrogens (tertiary/aromatic N) is 1. The minimum Gasteiger partial charge on any atom is -0.366 e. The van der Waals surface area contributed by atoms with Crippen molar-refractivity contribution in [2.24, 2.45) is 0 Å². The van der Waals surface area contributed by atoms with Gasteiger partial charge >= 0.3 is 0 Å². The van der Waals surface area contributed by atoms with Crippen molar-refractivity contribution in [3.63, 3.8) is 0 Å². The van der Waals surface area contributed by atoms with Gasteiger partial charge in [0.1, 0.15) is 0 Å². The van der Waals surface area contributed by atoms with E-state index in [1.807, 2.05) is 0 Å². The van der Waals surface area contributed by atoms with Crippen LogP contribution in [0.25, 0.3) is 0 Å². The highest BCUT2D eigenvalue weighted by Crippen LogP contribution is 2.25. The van der Waals surface area contributed by atoms with Crippen LogP contribution >= 0.6 is 0 Å². The van der Waals surface area contributed by atoms with Crippen LogP contribution < -0.4 is 10.2 Å². The first-order valence-corrected chi connectivity index (χ1v) is 7.34. The molecule has 1 saturated heterocycles. The molecule has 1 fully saturated rings. The molecule has 2 unspecified atom stereocenters. The van der Waals surface area contributed by atoms with E-state index in [9.17, 15) is 0 Å². The van der Waals surface area contributed by atoms with E-state index in [0.717, 1.165) is 19.5 Å². The number of benzene rings is 1. The summed E-state index contributed by atoms with van der Waals surface area (Å²) in [6.07, 6.45) is 3.65. The van der Waals surface area contributed by atoms with E-state index in [0.29, 0.717) is 12.1 Å². The summed E-state index contributed by atoms with van der Waals surface area (Å²) in [6.45, 7) is 9.08. The molecular weight excluding hydrogens is 220 g/mol. The van der Waals surface area contributed by atoms with Crippen molar-refractivity contribution in [1.29, 1.82) is 0 Å². The highest BCUT2D eigenvalue weighted by atomic mass is 15.2. The van der Waals surface area contributed by atoms with Crippen molar-refractivity contribution >= 4 is 5.69 Å². The Morgan fingerprint density at radius 1 is 1.28 bits per heavy atom. The van der Waals surface area contributed by atoms with Crippen LogP contribution in [-0.2, 0) is 6.42 Å². The Labute approximate surface area is 111 Å². The van der Waals surface area contributed by atoms with E-state index < -0.39 is 0 Å². The molecule has 1 heterocycles. The number of para-hydroxylation sites is 1. The maximum atomic E-state index is 3.67. The second kappa shape index (κ2) is 6.24. The number of hydrogen-bond donors (Lipinski definition) is 1. The third-order valence-electron chi connectivity index (χ3n) is 3.97. The minimum absolute atomic E-state index is 0.589. The van der Waals surface area contributed by atoms with Gasteiger partial charge in [-0.25, -0.2) is 0 Å². The number of anilines is 1. The molecule has 2 rings (SSSR count). The normalized spacial score (nSPS) is 24.3. The Balaban J connectivity index is 2.18. The molecule has 0 saturated carbocycles. The molecule has 0 bridgehead atoms. The van der Waals surface area contributed by atoms with Crippen LogP contribution in [0, 0.1) is 0 Å². The van der Waals surface area contributed by atoms with Crippen molar-refractivity contribution < 1.29 is 0 Å². The van der Waals surface area contributed by atoms with E-state index >= 15 is 0 Å². The Bertz CT molecular complexity index is 375. The molecular formula is C16H26N2. The van der Waals surface area contributed by atoms with Gasteiger partial charge in [-0.1, -0.05) is 38.5 Å². The lowest BCUT2D eigenvalue weighted by molar-refractivity contribution is 0.386. The van der Waals surface area contributed by atoms with Crippen molar-refractivity contribution in [2.45, 2.75) is 52.1 Å². The standard InChI is InChI=1S/C16H26N2/c1-4-8-15-12-18(13(3)11-17-15)16-10-7-6-9-14(16)5-2/h6-7,9-10,13,15,17H,4-5,8,11-12H2,1-3H3. The summed E-state index contributed by atoms with van der Waals surface area (Å²) >= 11 is 0. The first-order valence-electron chi connectivity index (χ1n) is 7.34. The average molecular weight is 246 g/mol. The van der Waals surface area contributed by atoms with Crippen molar-refractivity contribution in [1.82, 2.24) is 5.32 Å². The van der Waals surface area contributed by atoms with E-state index in [1.54, 1.807) is 0 Å². The van der Waals surface area contributed by atoms with Gasteiger partial charge < -0.3 is 10.2 Å². The molecule has 2 atom stereocenters. The first kappa shape index (κ1) is 13.4. The largest absolute Gasteiger partial charge is 0.366 e. The van der Waals surface area contributed by atoms with E-state index in [2.05, 4.69) is 55.3 Å². The number of aryl methyl sites for hydroxylation is 1. The molecule has 0 spiro atoms. The molecule has 2 nitrogen and oxygen atoms in total. The Morgan fingerprint density at radius 3 is 2.78 bits per heavy atom. The third kappa shape index (κ3) is 2.86. The molecule has 0 aromatic heterocycles. The van der Waals surface area contributed by atoms with Gasteiger partial charge in [-0.05, 0) is 31.4 Å². The zero-order chi connectivity index (χ0) is 13.0. The van der Waals surface area contributed by atoms with Gasteiger partial charge in [-0.2, -0.15) is 0 Å². The van der Waals surface area contributed by atoms with E-state index in [1.165, 1.54) is 24.1 Å². The van der Waals surface area contributed by atoms with Gasteiger partial charge in [0.05, 0.1) is 0 Å². The van der Waals surface area contributed by atoms with Gasteiger partial charge in [0.2, 0.25) is 0 Å². The molecule has 18 heavy (non-hydrogen) atoms. The van der Waals surface area contributed by atoms with Crippen molar-refractivity contribution in [3.05, 3.63) is 29.8 Å². The van der Waals surface area contributed by atoms with Crippen molar-refractivity contribution in [2.75, 3.05) is 18.0 Å². The SMILES string of the molecule is CCCC1CN(c2ccccc2CC)C(C)CN1. The fourth-order valence-electron chi connectivity index (χ4n) is 2.90. The Morgan fingerprint density at radius 2 is 2.06 bits per heavy atom. The summed E-state index contributed by atoms with van der Waals surface area (Å²) in [6, 6.07) is 10.1. The fourth-order valence-corrected chi connectivity index (χ4v) is 2.90. The van der Waals surface area contributed by atoms with Gasteiger partial charge in [0.25, 0.3) is 0 Å². The molecule has 100 valence electrons. The molecule has 0 aliphatic carbocycles. The van der Waals surface area contributed by atoms with Crippen LogP contribution in [-0.4, -0.2) is 25.2 Å². The summed E-state index contributed by atoms with van der Waals surface area (Å²) in [5, 5.41) is 3.67. The zero-order valence-electron chi connectivity index (χ0n) is 11.9. The second-order valence-corrected chi connectivity index (χ2v) is 5.38. The lowest BCUT2D eigenvalue weighted by atomic mass is 10.0. The highest BCUT2D eigenvalue weighted by molar-refractivity contribution is 5.55. The number of hydrogen-bond acceptors (Lipinski definition) is 2. The summed E-state index contributed by atoms with van der Waals surface area (Å²) < 4.78 is 0. The van der Waals surface area contributed by atoms with Crippen LogP contribution in [0.4, 0.5) is 5.69 Å². The van der Waals surface area contributed by atoms with Crippen molar-refractivity contribution in [3.8, 4) is 0 Å². The van der Waals surface area contributed by atoms with Gasteiger partial charge in [0.15, 0.2) is 0 Å². The van der Waals surface area contributed by atoms with Crippen LogP contribution in [0.1, 0.15) is 39.2 Å². The predicted molar refractivity (Wildman–Crippen MR) is 79.3 cm³/mol. The Hall–Kier alpha value is -1.02. The Kier molecular flexibility index (Phi) is 4.65. The molecule has 0 amide bonds. The van der Waals surface area contributed by atoms with E-state index in [-0.39, 0.29) is 0 Å². The molecule has 1 aliphatic heterocycles. The highest BCUT2D eigenvalue weighted by Gasteiger charge is 2.25. The number of rotatable bonds is 4. The number of piperazine rings is 1. The summed E-state index contributed by atoms with van der Waals surface area (Å²) in [7, 11) is 0. The molecule has 2 heteroatoms. The first-order chi connectivity index (χ1) is 8.76. The molecule has 1 N–H and O–H groups in total. The summed E-state index contributed by atoms with van der Waals surface area (Å²) in [5.41, 5.74) is 2.91. The maximum absolute atomic E-state index is 3.67. The van der Waals surface area contributed by atoms with Crippen LogP contribution in [0.2, 0.25) is 0 Å². The maximum Gasteiger partial charge on any atom is 0.0402 e. The van der Waals surface area contributed by atoms with Gasteiger partial charge in [0, 0.05) is 30.9 Å². The van der Waals surface area contributed by atoms with Crippen LogP contribution in [0.3, 0.4) is 0 Å². The molecule has 1 aromatic carbocycles. The quantitative estimate of drug-likeness (QED) is 0.877. The number of nitrogens with one attached hydrogen (secondary N) is 1. The monoisotopic (exact) mass is 246 g/mol. The predicted octanol–water partition coefficient (Wildman–Crippen LogP) is 3.22. The zero-order valence-corrected chi connectivity index (χ0v) is 11.9. The second-order valence-electron chi connectivity index (χ2n) is 5.38. The lowest BCUT2D eigenvalue weighted by Crippen LogP contribution is -2.55. The third-order valence-corrected chi connectivity index (χ3v) is 3.97. The molecule has 1 aliphatic rings. The fraction of sp³-hybridized carbons (Fsp3) is 0.625. The van der Waals surface area contributed by atoms with Gasteiger partial charge in [-0.3, -0.25) is 0 Å². The topological polar surface area (TPSA) is 15.3 Å². The molecule has 1 aromatic rings.